The number of ether oxygens (including phenoxy) is 1. The van der Waals surface area contributed by atoms with Crippen LogP contribution in [0.4, 0.5) is 14.9 Å². The van der Waals surface area contributed by atoms with Crippen molar-refractivity contribution in [3.63, 3.8) is 0 Å². The summed E-state index contributed by atoms with van der Waals surface area (Å²) in [6.07, 6.45) is -0.614. The van der Waals surface area contributed by atoms with Crippen molar-refractivity contribution in [1.82, 2.24) is 0 Å². The molecule has 4 heteroatoms. The quantitative estimate of drug-likeness (QED) is 0.752. The highest BCUT2D eigenvalue weighted by molar-refractivity contribution is 5.86. The topological polar surface area (TPSA) is 29.5 Å². The van der Waals surface area contributed by atoms with E-state index in [0.29, 0.717) is 5.69 Å². The van der Waals surface area contributed by atoms with E-state index in [1.54, 1.807) is 20.9 Å². The Morgan fingerprint density at radius 1 is 1.33 bits per heavy atom. The first-order valence-corrected chi connectivity index (χ1v) is 4.70. The zero-order valence-electron chi connectivity index (χ0n) is 9.03. The lowest BCUT2D eigenvalue weighted by Crippen LogP contribution is -2.29. The highest BCUT2D eigenvalue weighted by Crippen LogP contribution is 2.14. The van der Waals surface area contributed by atoms with E-state index in [1.807, 2.05) is 0 Å². The zero-order valence-corrected chi connectivity index (χ0v) is 9.03. The number of benzene rings is 1. The molecule has 0 heterocycles. The van der Waals surface area contributed by atoms with E-state index in [9.17, 15) is 9.18 Å². The summed E-state index contributed by atoms with van der Waals surface area (Å²) >= 11 is 0. The Morgan fingerprint density at radius 2 is 1.87 bits per heavy atom. The lowest BCUT2D eigenvalue weighted by molar-refractivity contribution is 0.124. The van der Waals surface area contributed by atoms with Gasteiger partial charge >= 0.3 is 6.09 Å². The molecule has 3 nitrogen and oxygen atoms in total. The van der Waals surface area contributed by atoms with Crippen LogP contribution in [0.5, 0.6) is 0 Å². The van der Waals surface area contributed by atoms with Crippen molar-refractivity contribution < 1.29 is 13.9 Å². The number of rotatable bonds is 2. The number of carbonyl (C=O) groups excluding carboxylic acids is 1. The molecule has 1 aromatic rings. The molecule has 0 N–H and O–H groups in total. The molecular weight excluding hydrogens is 197 g/mol. The molecule has 0 fully saturated rings. The van der Waals surface area contributed by atoms with Gasteiger partial charge in [0.05, 0.1) is 6.10 Å². The first-order chi connectivity index (χ1) is 7.00. The van der Waals surface area contributed by atoms with Gasteiger partial charge in [0.1, 0.15) is 5.82 Å². The van der Waals surface area contributed by atoms with Crippen molar-refractivity contribution in [3.8, 4) is 0 Å². The molecule has 1 amide bonds. The molecule has 0 aliphatic rings. The second-order valence-corrected chi connectivity index (χ2v) is 3.47. The first kappa shape index (κ1) is 11.5. The monoisotopic (exact) mass is 211 g/mol. The largest absolute Gasteiger partial charge is 0.446 e. The molecule has 0 aliphatic carbocycles. The third-order valence-corrected chi connectivity index (χ3v) is 1.82. The zero-order chi connectivity index (χ0) is 11.4. The smallest absolute Gasteiger partial charge is 0.414 e. The predicted octanol–water partition coefficient (Wildman–Crippen LogP) is 2.81. The van der Waals surface area contributed by atoms with Crippen LogP contribution < -0.4 is 4.90 Å². The summed E-state index contributed by atoms with van der Waals surface area (Å²) in [5.41, 5.74) is 0.599. The number of amides is 1. The van der Waals surface area contributed by atoms with Crippen LogP contribution in [0.1, 0.15) is 13.8 Å². The van der Waals surface area contributed by atoms with E-state index in [0.717, 1.165) is 0 Å². The minimum Gasteiger partial charge on any atom is -0.446 e. The molecule has 0 saturated heterocycles. The normalized spacial score (nSPS) is 10.2. The Morgan fingerprint density at radius 3 is 2.33 bits per heavy atom. The fourth-order valence-electron chi connectivity index (χ4n) is 1.05. The minimum atomic E-state index is -0.448. The summed E-state index contributed by atoms with van der Waals surface area (Å²) in [5.74, 6) is -0.329. The van der Waals surface area contributed by atoms with Crippen LogP contribution in [0.3, 0.4) is 0 Å². The molecule has 0 aliphatic heterocycles. The van der Waals surface area contributed by atoms with Gasteiger partial charge in [0.15, 0.2) is 0 Å². The predicted molar refractivity (Wildman–Crippen MR) is 56.4 cm³/mol. The van der Waals surface area contributed by atoms with Crippen LogP contribution in [-0.4, -0.2) is 19.2 Å². The molecule has 0 saturated carbocycles. The van der Waals surface area contributed by atoms with Crippen molar-refractivity contribution in [1.29, 1.82) is 0 Å². The van der Waals surface area contributed by atoms with E-state index in [-0.39, 0.29) is 11.9 Å². The van der Waals surface area contributed by atoms with Crippen LogP contribution in [0, 0.1) is 5.82 Å². The average molecular weight is 211 g/mol. The van der Waals surface area contributed by atoms with E-state index in [1.165, 1.54) is 29.2 Å². The SMILES string of the molecule is CC(C)OC(=O)N(C)c1ccc(F)cc1. The van der Waals surface area contributed by atoms with Gasteiger partial charge in [-0.2, -0.15) is 0 Å². The highest BCUT2D eigenvalue weighted by atomic mass is 19.1. The van der Waals surface area contributed by atoms with Gasteiger partial charge in [-0.15, -0.1) is 0 Å². The van der Waals surface area contributed by atoms with Crippen LogP contribution in [0.2, 0.25) is 0 Å². The fourth-order valence-corrected chi connectivity index (χ4v) is 1.05. The molecule has 15 heavy (non-hydrogen) atoms. The average Bonchev–Trinajstić information content (AvgIpc) is 2.17. The molecule has 0 bridgehead atoms. The van der Waals surface area contributed by atoms with Gasteiger partial charge in [-0.1, -0.05) is 0 Å². The van der Waals surface area contributed by atoms with E-state index in [4.69, 9.17) is 4.74 Å². The van der Waals surface area contributed by atoms with Gasteiger partial charge in [0, 0.05) is 12.7 Å². The van der Waals surface area contributed by atoms with E-state index in [2.05, 4.69) is 0 Å². The summed E-state index contributed by atoms with van der Waals surface area (Å²) in [6, 6.07) is 5.65. The standard InChI is InChI=1S/C11H14FNO2/c1-8(2)15-11(14)13(3)10-6-4-9(12)5-7-10/h4-8H,1-3H3. The summed E-state index contributed by atoms with van der Waals surface area (Å²) in [5, 5.41) is 0. The second-order valence-electron chi connectivity index (χ2n) is 3.47. The summed E-state index contributed by atoms with van der Waals surface area (Å²) < 4.78 is 17.6. The third-order valence-electron chi connectivity index (χ3n) is 1.82. The molecule has 0 atom stereocenters. The number of carbonyl (C=O) groups is 1. The Balaban J connectivity index is 2.71. The number of halogens is 1. The summed E-state index contributed by atoms with van der Waals surface area (Å²) in [6.45, 7) is 3.55. The Bertz CT molecular complexity index is 335. The first-order valence-electron chi connectivity index (χ1n) is 4.70. The molecule has 0 radical (unpaired) electrons. The molecule has 1 aromatic carbocycles. The lowest BCUT2D eigenvalue weighted by Gasteiger charge is -2.18. The van der Waals surface area contributed by atoms with Crippen molar-refractivity contribution in [2.75, 3.05) is 11.9 Å². The van der Waals surface area contributed by atoms with Gasteiger partial charge < -0.3 is 4.74 Å². The Hall–Kier alpha value is -1.58. The maximum Gasteiger partial charge on any atom is 0.414 e. The number of hydrogen-bond donors (Lipinski definition) is 0. The van der Waals surface area contributed by atoms with Crippen LogP contribution in [0.25, 0.3) is 0 Å². The van der Waals surface area contributed by atoms with Crippen molar-refractivity contribution in [2.45, 2.75) is 20.0 Å². The Labute approximate surface area is 88.5 Å². The van der Waals surface area contributed by atoms with Crippen molar-refractivity contribution in [3.05, 3.63) is 30.1 Å². The van der Waals surface area contributed by atoms with Gasteiger partial charge in [-0.25, -0.2) is 9.18 Å². The van der Waals surface area contributed by atoms with Gasteiger partial charge in [0.2, 0.25) is 0 Å². The summed E-state index contributed by atoms with van der Waals surface area (Å²) in [4.78, 5) is 12.8. The maximum atomic E-state index is 12.6. The fraction of sp³-hybridized carbons (Fsp3) is 0.364. The number of nitrogens with zero attached hydrogens (tertiary/aromatic N) is 1. The Kier molecular flexibility index (Phi) is 3.66. The molecule has 82 valence electrons. The van der Waals surface area contributed by atoms with Crippen molar-refractivity contribution in [2.24, 2.45) is 0 Å². The van der Waals surface area contributed by atoms with E-state index >= 15 is 0 Å². The summed E-state index contributed by atoms with van der Waals surface area (Å²) in [7, 11) is 1.58. The second kappa shape index (κ2) is 4.77. The number of anilines is 1. The molecule has 1 rings (SSSR count). The van der Waals surface area contributed by atoms with Gasteiger partial charge in [-0.3, -0.25) is 4.90 Å². The molecular formula is C11H14FNO2. The number of hydrogen-bond acceptors (Lipinski definition) is 2. The van der Waals surface area contributed by atoms with Crippen molar-refractivity contribution >= 4 is 11.8 Å². The van der Waals surface area contributed by atoms with Crippen LogP contribution in [-0.2, 0) is 4.74 Å². The maximum absolute atomic E-state index is 12.6. The lowest BCUT2D eigenvalue weighted by atomic mass is 10.3. The van der Waals surface area contributed by atoms with Crippen LogP contribution in [0.15, 0.2) is 24.3 Å². The third kappa shape index (κ3) is 3.23. The minimum absolute atomic E-state index is 0.166. The van der Waals surface area contributed by atoms with Gasteiger partial charge in [0.25, 0.3) is 0 Å². The van der Waals surface area contributed by atoms with Crippen LogP contribution >= 0.6 is 0 Å². The molecule has 0 spiro atoms. The molecule has 0 unspecified atom stereocenters. The van der Waals surface area contributed by atoms with E-state index < -0.39 is 6.09 Å². The highest BCUT2D eigenvalue weighted by Gasteiger charge is 2.13. The molecule has 0 aromatic heterocycles. The van der Waals surface area contributed by atoms with Gasteiger partial charge in [-0.05, 0) is 38.1 Å².